The van der Waals surface area contributed by atoms with Crippen LogP contribution in [0.4, 0.5) is 9.59 Å². The van der Waals surface area contributed by atoms with Crippen LogP contribution in [0.3, 0.4) is 0 Å². The molecule has 2 fully saturated rings. The molecular weight excluding hydrogens is 1100 g/mol. The SMILES string of the molecule is COc1ccc(S(=O)(=O)N(CC(C)CCC(C)=O)C[C@@H](O)[C@H](Cc2ccccc2)NC(=O)OC2CCOC2)cc1.COc1ccc(S(=O)(=O)N(CC(C)CCC2(C)OCCO2)C[C@@H](O)[C@H](Cc2ccccc2)NC(=O)OC(C)(C)C)cc1. The minimum absolute atomic E-state index is 0.0229. The smallest absolute Gasteiger partial charge is 0.407 e. The van der Waals surface area contributed by atoms with Crippen LogP contribution >= 0.6 is 0 Å². The van der Waals surface area contributed by atoms with Crippen molar-refractivity contribution in [1.29, 1.82) is 0 Å². The van der Waals surface area contributed by atoms with Gasteiger partial charge in [0.1, 0.15) is 29.0 Å². The maximum atomic E-state index is 13.9. The van der Waals surface area contributed by atoms with E-state index in [1.54, 1.807) is 45.0 Å². The minimum atomic E-state index is -4.04. The predicted octanol–water partition coefficient (Wildman–Crippen LogP) is 7.54. The number of nitrogens with one attached hydrogen (secondary N) is 2. The molecule has 2 heterocycles. The van der Waals surface area contributed by atoms with Crippen molar-refractivity contribution in [1.82, 2.24) is 19.2 Å². The monoisotopic (exact) mass is 1180 g/mol. The summed E-state index contributed by atoms with van der Waals surface area (Å²) in [6, 6.07) is 29.2. The van der Waals surface area contributed by atoms with Gasteiger partial charge >= 0.3 is 12.2 Å². The first-order chi connectivity index (χ1) is 38.8. The van der Waals surface area contributed by atoms with Gasteiger partial charge in [0.05, 0.1) is 74.7 Å². The van der Waals surface area contributed by atoms with Crippen LogP contribution < -0.4 is 20.1 Å². The number of ketones is 1. The zero-order valence-corrected chi connectivity index (χ0v) is 50.5. The van der Waals surface area contributed by atoms with Gasteiger partial charge in [0.15, 0.2) is 5.79 Å². The zero-order chi connectivity index (χ0) is 60.1. The standard InChI is InChI=1S/C31H46N2O8S.C29H40N2O8S/c1-23(16-17-31(5)39-18-19-40-31)21-33(42(36,37)26-14-12-25(38-6)13-15-26)22-28(34)27(20-24-10-8-7-9-11-24)32-29(35)41-30(2,3)4;1-21(9-10-22(2)32)18-31(40(35,36)26-13-11-24(37-3)12-14-26)19-28(33)27(17-23-7-5-4-6-8-23)30-29(34)39-25-15-16-38-20-25/h7-15,23,27-28,34H,16-22H2,1-6H3,(H,32,35);4-8,11-14,21,25,27-28,33H,9-10,15-20H2,1-3H3,(H,30,34)/t23?,27-,28+;21?,25?,27-,28+/m00/s1. The summed E-state index contributed by atoms with van der Waals surface area (Å²) in [6.07, 6.45) is -1.06. The maximum absolute atomic E-state index is 13.9. The van der Waals surface area contributed by atoms with Crippen LogP contribution in [0.25, 0.3) is 0 Å². The third kappa shape index (κ3) is 22.1. The molecule has 0 aromatic heterocycles. The zero-order valence-electron chi connectivity index (χ0n) is 48.9. The molecule has 82 heavy (non-hydrogen) atoms. The van der Waals surface area contributed by atoms with Gasteiger partial charge in [0, 0.05) is 45.4 Å². The number of sulfonamides is 2. The fourth-order valence-corrected chi connectivity index (χ4v) is 12.4. The third-order valence-electron chi connectivity index (χ3n) is 13.9. The number of alkyl carbamates (subject to hydrolysis) is 2. The van der Waals surface area contributed by atoms with Gasteiger partial charge in [0.25, 0.3) is 0 Å². The Morgan fingerprint density at radius 2 is 1.10 bits per heavy atom. The summed E-state index contributed by atoms with van der Waals surface area (Å²) in [5, 5.41) is 28.4. The lowest BCUT2D eigenvalue weighted by atomic mass is 10.00. The molecule has 7 atom stereocenters. The second kappa shape index (κ2) is 31.8. The number of benzene rings is 4. The van der Waals surface area contributed by atoms with Crippen LogP contribution in [0.1, 0.15) is 91.7 Å². The summed E-state index contributed by atoms with van der Waals surface area (Å²) in [7, 11) is -5.05. The molecule has 3 unspecified atom stereocenters. The number of rotatable bonds is 29. The van der Waals surface area contributed by atoms with Gasteiger partial charge in [0.2, 0.25) is 20.0 Å². The van der Waals surface area contributed by atoms with E-state index in [-0.39, 0.29) is 72.5 Å². The summed E-state index contributed by atoms with van der Waals surface area (Å²) in [5.74, 6) is 0.140. The third-order valence-corrected chi connectivity index (χ3v) is 17.6. The van der Waals surface area contributed by atoms with Crippen LogP contribution in [-0.4, -0.2) is 162 Å². The summed E-state index contributed by atoms with van der Waals surface area (Å²) in [4.78, 5) is 37.1. The van der Waals surface area contributed by atoms with Gasteiger partial charge in [-0.15, -0.1) is 0 Å². The molecule has 2 amide bonds. The van der Waals surface area contributed by atoms with E-state index in [0.29, 0.717) is 70.0 Å². The van der Waals surface area contributed by atoms with Crippen LogP contribution in [0.2, 0.25) is 0 Å². The van der Waals surface area contributed by atoms with Gasteiger partial charge in [-0.3, -0.25) is 0 Å². The first-order valence-electron chi connectivity index (χ1n) is 27.8. The molecule has 20 nitrogen and oxygen atoms in total. The average Bonchev–Trinajstić information content (AvgIpc) is 4.21. The molecule has 0 aliphatic carbocycles. The van der Waals surface area contributed by atoms with E-state index in [0.717, 1.165) is 11.1 Å². The first kappa shape index (κ1) is 67.1. The van der Waals surface area contributed by atoms with Crippen molar-refractivity contribution >= 4 is 38.0 Å². The van der Waals surface area contributed by atoms with E-state index >= 15 is 0 Å². The Hall–Kier alpha value is -5.69. The number of hydrogen-bond donors (Lipinski definition) is 4. The summed E-state index contributed by atoms with van der Waals surface area (Å²) < 4.78 is 95.8. The quantitative estimate of drug-likeness (QED) is 0.0410. The van der Waals surface area contributed by atoms with Crippen LogP contribution in [0.15, 0.2) is 119 Å². The van der Waals surface area contributed by atoms with Crippen molar-refractivity contribution in [3.05, 3.63) is 120 Å². The Balaban J connectivity index is 0.000000301. The number of ether oxygens (including phenoxy) is 7. The molecule has 0 radical (unpaired) electrons. The van der Waals surface area contributed by atoms with Gasteiger partial charge in [-0.1, -0.05) is 74.5 Å². The Labute approximate surface area is 485 Å². The summed E-state index contributed by atoms with van der Waals surface area (Å²) in [6.45, 7) is 14.1. The van der Waals surface area contributed by atoms with Crippen molar-refractivity contribution in [3.8, 4) is 11.5 Å². The van der Waals surface area contributed by atoms with Gasteiger partial charge in [-0.25, -0.2) is 26.4 Å². The molecule has 4 aromatic rings. The molecule has 6 rings (SSSR count). The second-order valence-electron chi connectivity index (χ2n) is 22.2. The van der Waals surface area contributed by atoms with E-state index in [4.69, 9.17) is 33.2 Å². The van der Waals surface area contributed by atoms with Crippen molar-refractivity contribution in [2.24, 2.45) is 11.8 Å². The summed E-state index contributed by atoms with van der Waals surface area (Å²) >= 11 is 0. The molecule has 0 spiro atoms. The normalized spacial score (nSPS) is 17.5. The lowest BCUT2D eigenvalue weighted by molar-refractivity contribution is -0.149. The van der Waals surface area contributed by atoms with Crippen LogP contribution in [0.5, 0.6) is 11.5 Å². The molecule has 454 valence electrons. The lowest BCUT2D eigenvalue weighted by Crippen LogP contribution is -2.52. The Morgan fingerprint density at radius 3 is 1.50 bits per heavy atom. The molecule has 2 aliphatic heterocycles. The number of carbonyl (C=O) groups excluding carboxylic acids is 3. The van der Waals surface area contributed by atoms with E-state index in [1.807, 2.05) is 81.4 Å². The lowest BCUT2D eigenvalue weighted by Gasteiger charge is -2.32. The summed E-state index contributed by atoms with van der Waals surface area (Å²) in [5.41, 5.74) is 0.991. The molecule has 4 N–H and O–H groups in total. The number of methoxy groups -OCH3 is 2. The number of aliphatic hydroxyl groups is 2. The number of nitrogens with zero attached hydrogens (tertiary/aromatic N) is 2. The van der Waals surface area contributed by atoms with E-state index in [9.17, 15) is 41.4 Å². The predicted molar refractivity (Wildman–Crippen MR) is 309 cm³/mol. The fourth-order valence-electron chi connectivity index (χ4n) is 9.25. The molecule has 0 bridgehead atoms. The van der Waals surface area contributed by atoms with E-state index in [1.165, 1.54) is 54.0 Å². The number of carbonyl (C=O) groups is 3. The highest BCUT2D eigenvalue weighted by molar-refractivity contribution is 7.89. The Bertz CT molecular complexity index is 2790. The van der Waals surface area contributed by atoms with E-state index in [2.05, 4.69) is 10.6 Å². The Morgan fingerprint density at radius 1 is 0.659 bits per heavy atom. The maximum Gasteiger partial charge on any atom is 0.407 e. The first-order valence-corrected chi connectivity index (χ1v) is 30.7. The van der Waals surface area contributed by atoms with Crippen molar-refractivity contribution in [2.75, 3.05) is 66.8 Å². The molecule has 22 heteroatoms. The molecule has 2 saturated heterocycles. The van der Waals surface area contributed by atoms with Gasteiger partial charge in [-0.05, 0) is 132 Å². The highest BCUT2D eigenvalue weighted by Crippen LogP contribution is 2.29. The number of amides is 2. The van der Waals surface area contributed by atoms with Crippen LogP contribution in [0, 0.1) is 11.8 Å². The molecule has 4 aromatic carbocycles. The van der Waals surface area contributed by atoms with Crippen molar-refractivity contribution < 1.29 is 74.6 Å². The average molecular weight is 1180 g/mol. The van der Waals surface area contributed by atoms with E-state index < -0.39 is 67.9 Å². The second-order valence-corrected chi connectivity index (χ2v) is 26.1. The number of aliphatic hydroxyl groups excluding tert-OH is 2. The molecular formula is C60H86N4O16S2. The number of hydrogen-bond acceptors (Lipinski definition) is 16. The Kier molecular flexibility index (Phi) is 26.0. The fraction of sp³-hybridized carbons (Fsp3) is 0.550. The van der Waals surface area contributed by atoms with Gasteiger partial charge in [-0.2, -0.15) is 8.61 Å². The minimum Gasteiger partial charge on any atom is -0.497 e. The highest BCUT2D eigenvalue weighted by atomic mass is 32.2. The molecule has 2 aliphatic rings. The van der Waals surface area contributed by atoms with Crippen molar-refractivity contribution in [2.45, 2.75) is 145 Å². The highest BCUT2D eigenvalue weighted by Gasteiger charge is 2.36. The molecule has 0 saturated carbocycles. The van der Waals surface area contributed by atoms with Crippen LogP contribution in [-0.2, 0) is 61.4 Å². The van der Waals surface area contributed by atoms with Gasteiger partial charge < -0.3 is 58.8 Å². The largest absolute Gasteiger partial charge is 0.497 e. The van der Waals surface area contributed by atoms with Crippen molar-refractivity contribution in [3.63, 3.8) is 0 Å². The number of Topliss-reactive ketones (excluding diaryl/α,β-unsaturated/α-hetero) is 1. The topological polar surface area (TPSA) is 255 Å².